The van der Waals surface area contributed by atoms with Crippen LogP contribution in [0.3, 0.4) is 0 Å². The molecule has 1 atom stereocenters. The van der Waals surface area contributed by atoms with Crippen LogP contribution in [0.2, 0.25) is 5.02 Å². The van der Waals surface area contributed by atoms with Gasteiger partial charge in [-0.15, -0.1) is 0 Å². The predicted octanol–water partition coefficient (Wildman–Crippen LogP) is 1.58. The lowest BCUT2D eigenvalue weighted by molar-refractivity contribution is -0.385. The summed E-state index contributed by atoms with van der Waals surface area (Å²) >= 11 is 6.08. The smallest absolute Gasteiger partial charge is 0.275 e. The van der Waals surface area contributed by atoms with E-state index in [0.717, 1.165) is 26.2 Å². The Morgan fingerprint density at radius 1 is 1.43 bits per heavy atom. The van der Waals surface area contributed by atoms with Gasteiger partial charge in [-0.25, -0.2) is 0 Å². The Hall–Kier alpha value is -1.21. The molecular formula is C14H21ClN4O2. The first kappa shape index (κ1) is 16.2. The number of piperazine rings is 1. The Bertz CT molecular complexity index is 512. The first-order chi connectivity index (χ1) is 9.99. The van der Waals surface area contributed by atoms with Crippen LogP contribution in [0.1, 0.15) is 5.56 Å². The molecule has 1 aromatic carbocycles. The van der Waals surface area contributed by atoms with Gasteiger partial charge in [0.05, 0.1) is 15.5 Å². The van der Waals surface area contributed by atoms with Gasteiger partial charge < -0.3 is 10.2 Å². The van der Waals surface area contributed by atoms with Crippen molar-refractivity contribution in [3.05, 3.63) is 38.9 Å². The van der Waals surface area contributed by atoms with Crippen LogP contribution in [-0.2, 0) is 6.54 Å². The second-order valence-corrected chi connectivity index (χ2v) is 5.93. The standard InChI is InChI=1S/C14H21ClN4O2/c1-17-6-7-18(2)11(10-17)8-16-9-12-13(15)4-3-5-14(12)19(20)21/h3-5,11,16H,6-10H2,1-2H3. The van der Waals surface area contributed by atoms with Crippen molar-refractivity contribution in [3.63, 3.8) is 0 Å². The second kappa shape index (κ2) is 7.17. The van der Waals surface area contributed by atoms with Gasteiger partial charge >= 0.3 is 0 Å². The molecular weight excluding hydrogens is 292 g/mol. The Morgan fingerprint density at radius 2 is 2.19 bits per heavy atom. The minimum atomic E-state index is -0.386. The van der Waals surface area contributed by atoms with Crippen molar-refractivity contribution < 1.29 is 4.92 Å². The number of hydrogen-bond acceptors (Lipinski definition) is 5. The van der Waals surface area contributed by atoms with Crippen LogP contribution in [0.5, 0.6) is 0 Å². The molecule has 1 fully saturated rings. The molecule has 6 nitrogen and oxygen atoms in total. The largest absolute Gasteiger partial charge is 0.311 e. The fourth-order valence-corrected chi connectivity index (χ4v) is 2.82. The van der Waals surface area contributed by atoms with Gasteiger partial charge in [0.2, 0.25) is 0 Å². The number of nitro groups is 1. The third-order valence-electron chi connectivity index (χ3n) is 3.95. The van der Waals surface area contributed by atoms with Crippen molar-refractivity contribution in [2.45, 2.75) is 12.6 Å². The molecule has 0 spiro atoms. The Morgan fingerprint density at radius 3 is 2.90 bits per heavy atom. The second-order valence-electron chi connectivity index (χ2n) is 5.52. The van der Waals surface area contributed by atoms with Crippen molar-refractivity contribution >= 4 is 17.3 Å². The van der Waals surface area contributed by atoms with E-state index in [1.807, 2.05) is 0 Å². The molecule has 0 aliphatic carbocycles. The minimum absolute atomic E-state index is 0.0733. The first-order valence-corrected chi connectivity index (χ1v) is 7.38. The fourth-order valence-electron chi connectivity index (χ4n) is 2.58. The number of nitro benzene ring substituents is 1. The molecule has 1 aliphatic rings. The molecule has 1 aromatic rings. The van der Waals surface area contributed by atoms with Crippen molar-refractivity contribution in [3.8, 4) is 0 Å². The van der Waals surface area contributed by atoms with Gasteiger partial charge in [-0.05, 0) is 20.2 Å². The summed E-state index contributed by atoms with van der Waals surface area (Å²) in [4.78, 5) is 15.3. The van der Waals surface area contributed by atoms with Crippen LogP contribution in [0.15, 0.2) is 18.2 Å². The molecule has 2 rings (SSSR count). The quantitative estimate of drug-likeness (QED) is 0.661. The molecule has 1 heterocycles. The van der Waals surface area contributed by atoms with E-state index in [4.69, 9.17) is 11.6 Å². The molecule has 21 heavy (non-hydrogen) atoms. The first-order valence-electron chi connectivity index (χ1n) is 7.00. The van der Waals surface area contributed by atoms with Crippen molar-refractivity contribution in [2.75, 3.05) is 40.3 Å². The van der Waals surface area contributed by atoms with Gasteiger partial charge in [0.25, 0.3) is 5.69 Å². The summed E-state index contributed by atoms with van der Waals surface area (Å²) in [6, 6.07) is 5.19. The maximum Gasteiger partial charge on any atom is 0.275 e. The summed E-state index contributed by atoms with van der Waals surface area (Å²) in [6.45, 7) is 4.29. The number of halogens is 1. The van der Waals surface area contributed by atoms with Crippen molar-refractivity contribution in [1.82, 2.24) is 15.1 Å². The van der Waals surface area contributed by atoms with E-state index in [0.29, 0.717) is 23.2 Å². The van der Waals surface area contributed by atoms with E-state index < -0.39 is 0 Å². The average molecular weight is 313 g/mol. The van der Waals surface area contributed by atoms with Crippen LogP contribution in [-0.4, -0.2) is 61.0 Å². The van der Waals surface area contributed by atoms with Crippen LogP contribution >= 0.6 is 11.6 Å². The molecule has 116 valence electrons. The zero-order valence-electron chi connectivity index (χ0n) is 12.4. The summed E-state index contributed by atoms with van der Waals surface area (Å²) in [5.41, 5.74) is 0.625. The molecule has 0 bridgehead atoms. The highest BCUT2D eigenvalue weighted by atomic mass is 35.5. The van der Waals surface area contributed by atoms with Crippen molar-refractivity contribution in [1.29, 1.82) is 0 Å². The Balaban J connectivity index is 1.96. The number of nitrogens with zero attached hydrogens (tertiary/aromatic N) is 3. The number of hydrogen-bond donors (Lipinski definition) is 1. The molecule has 1 aliphatic heterocycles. The zero-order valence-corrected chi connectivity index (χ0v) is 13.1. The Labute approximate surface area is 129 Å². The van der Waals surface area contributed by atoms with Crippen LogP contribution in [0, 0.1) is 10.1 Å². The van der Waals surface area contributed by atoms with E-state index in [1.165, 1.54) is 6.07 Å². The predicted molar refractivity (Wildman–Crippen MR) is 83.7 cm³/mol. The summed E-state index contributed by atoms with van der Waals surface area (Å²) in [5, 5.41) is 14.8. The normalized spacial score (nSPS) is 20.6. The van der Waals surface area contributed by atoms with E-state index in [9.17, 15) is 10.1 Å². The van der Waals surface area contributed by atoms with E-state index in [-0.39, 0.29) is 10.6 Å². The van der Waals surface area contributed by atoms with Crippen LogP contribution < -0.4 is 5.32 Å². The molecule has 1 saturated heterocycles. The zero-order chi connectivity index (χ0) is 15.4. The van der Waals surface area contributed by atoms with Gasteiger partial charge in [0.1, 0.15) is 0 Å². The van der Waals surface area contributed by atoms with Gasteiger partial charge in [0, 0.05) is 44.8 Å². The number of nitrogens with one attached hydrogen (secondary N) is 1. The highest BCUT2D eigenvalue weighted by molar-refractivity contribution is 6.31. The van der Waals surface area contributed by atoms with Crippen LogP contribution in [0.25, 0.3) is 0 Å². The van der Waals surface area contributed by atoms with Crippen LogP contribution in [0.4, 0.5) is 5.69 Å². The lowest BCUT2D eigenvalue weighted by Crippen LogP contribution is -2.53. The minimum Gasteiger partial charge on any atom is -0.311 e. The number of benzene rings is 1. The Kier molecular flexibility index (Phi) is 5.52. The average Bonchev–Trinajstić information content (AvgIpc) is 2.44. The lowest BCUT2D eigenvalue weighted by Gasteiger charge is -2.37. The highest BCUT2D eigenvalue weighted by Gasteiger charge is 2.22. The maximum absolute atomic E-state index is 11.0. The van der Waals surface area contributed by atoms with E-state index in [1.54, 1.807) is 12.1 Å². The molecule has 0 amide bonds. The van der Waals surface area contributed by atoms with E-state index >= 15 is 0 Å². The molecule has 0 aromatic heterocycles. The maximum atomic E-state index is 11.0. The molecule has 0 saturated carbocycles. The summed E-state index contributed by atoms with van der Waals surface area (Å²) in [7, 11) is 4.22. The third-order valence-corrected chi connectivity index (χ3v) is 4.31. The van der Waals surface area contributed by atoms with Gasteiger partial charge in [-0.2, -0.15) is 0 Å². The topological polar surface area (TPSA) is 61.6 Å². The molecule has 1 unspecified atom stereocenters. The monoisotopic (exact) mass is 312 g/mol. The number of likely N-dealkylation sites (N-methyl/N-ethyl adjacent to an activating group) is 2. The molecule has 0 radical (unpaired) electrons. The summed E-state index contributed by atoms with van der Waals surface area (Å²) in [6.07, 6.45) is 0. The molecule has 1 N–H and O–H groups in total. The van der Waals surface area contributed by atoms with Gasteiger partial charge in [0.15, 0.2) is 0 Å². The molecule has 7 heteroatoms. The number of rotatable bonds is 5. The van der Waals surface area contributed by atoms with Crippen molar-refractivity contribution in [2.24, 2.45) is 0 Å². The van der Waals surface area contributed by atoms with E-state index in [2.05, 4.69) is 29.2 Å². The summed E-state index contributed by atoms with van der Waals surface area (Å²) in [5.74, 6) is 0. The van der Waals surface area contributed by atoms with Gasteiger partial charge in [-0.1, -0.05) is 17.7 Å². The third kappa shape index (κ3) is 4.14. The highest BCUT2D eigenvalue weighted by Crippen LogP contribution is 2.25. The SMILES string of the molecule is CN1CCN(C)C(CNCc2c(Cl)cccc2[N+](=O)[O-])C1. The fraction of sp³-hybridized carbons (Fsp3) is 0.571. The summed E-state index contributed by atoms with van der Waals surface area (Å²) < 4.78 is 0. The lowest BCUT2D eigenvalue weighted by atomic mass is 10.1. The van der Waals surface area contributed by atoms with Gasteiger partial charge in [-0.3, -0.25) is 15.0 Å².